The second-order valence-corrected chi connectivity index (χ2v) is 10.7. The SMILES string of the molecule is COC(=O)c1cc(N(Cc2ccc(-c3ccc(N(C)C)cc3)cc2)CC2CCCCC2)c2ccccc2c1. The Balaban J connectivity index is 1.47. The first-order chi connectivity index (χ1) is 18.5. The van der Waals surface area contributed by atoms with E-state index in [0.29, 0.717) is 11.5 Å². The number of carbonyl (C=O) groups excluding carboxylic acids is 1. The third-order valence-electron chi connectivity index (χ3n) is 7.85. The topological polar surface area (TPSA) is 32.8 Å². The lowest BCUT2D eigenvalue weighted by Gasteiger charge is -2.32. The molecule has 38 heavy (non-hydrogen) atoms. The molecule has 0 N–H and O–H groups in total. The van der Waals surface area contributed by atoms with Crippen molar-refractivity contribution in [1.29, 1.82) is 0 Å². The summed E-state index contributed by atoms with van der Waals surface area (Å²) < 4.78 is 5.10. The summed E-state index contributed by atoms with van der Waals surface area (Å²) in [5.41, 5.74) is 6.62. The van der Waals surface area contributed by atoms with E-state index in [1.165, 1.54) is 67.0 Å². The summed E-state index contributed by atoms with van der Waals surface area (Å²) in [6, 6.07) is 30.0. The molecule has 0 heterocycles. The van der Waals surface area contributed by atoms with Crippen molar-refractivity contribution < 1.29 is 9.53 Å². The number of hydrogen-bond acceptors (Lipinski definition) is 4. The van der Waals surface area contributed by atoms with Crippen LogP contribution in [-0.2, 0) is 11.3 Å². The van der Waals surface area contributed by atoms with Crippen molar-refractivity contribution in [3.63, 3.8) is 0 Å². The molecule has 4 aromatic rings. The number of esters is 1. The standard InChI is InChI=1S/C34H38N2O2/c1-35(2)31-19-17-28(18-20-31)27-15-13-26(14-16-27)24-36(23-25-9-5-4-6-10-25)33-22-30(34(37)38-3)21-29-11-7-8-12-32(29)33/h7-8,11-22,25H,4-6,9-10,23-24H2,1-3H3. The number of nitrogens with zero attached hydrogens (tertiary/aromatic N) is 2. The Labute approximate surface area is 226 Å². The lowest BCUT2D eigenvalue weighted by molar-refractivity contribution is 0.0601. The summed E-state index contributed by atoms with van der Waals surface area (Å²) in [4.78, 5) is 17.2. The first-order valence-electron chi connectivity index (χ1n) is 13.7. The second kappa shape index (κ2) is 11.7. The maximum Gasteiger partial charge on any atom is 0.337 e. The van der Waals surface area contributed by atoms with Crippen LogP contribution in [0.4, 0.5) is 11.4 Å². The van der Waals surface area contributed by atoms with Gasteiger partial charge in [-0.05, 0) is 65.1 Å². The maximum absolute atomic E-state index is 12.6. The Kier molecular flexibility index (Phi) is 7.97. The zero-order valence-electron chi connectivity index (χ0n) is 22.8. The average Bonchev–Trinajstić information content (AvgIpc) is 2.97. The molecule has 1 aliphatic carbocycles. The van der Waals surface area contributed by atoms with Gasteiger partial charge in [-0.15, -0.1) is 0 Å². The van der Waals surface area contributed by atoms with Gasteiger partial charge in [-0.2, -0.15) is 0 Å². The van der Waals surface area contributed by atoms with Gasteiger partial charge in [0.15, 0.2) is 0 Å². The van der Waals surface area contributed by atoms with Gasteiger partial charge in [0.1, 0.15) is 0 Å². The van der Waals surface area contributed by atoms with E-state index in [2.05, 4.69) is 90.6 Å². The molecule has 4 aromatic carbocycles. The van der Waals surface area contributed by atoms with E-state index >= 15 is 0 Å². The predicted molar refractivity (Wildman–Crippen MR) is 159 cm³/mol. The highest BCUT2D eigenvalue weighted by Gasteiger charge is 2.21. The van der Waals surface area contributed by atoms with Crippen LogP contribution in [0.3, 0.4) is 0 Å². The van der Waals surface area contributed by atoms with Crippen molar-refractivity contribution in [2.75, 3.05) is 37.5 Å². The molecule has 0 aromatic heterocycles. The molecule has 5 rings (SSSR count). The van der Waals surface area contributed by atoms with E-state index in [-0.39, 0.29) is 5.97 Å². The molecule has 0 saturated heterocycles. The predicted octanol–water partition coefficient (Wildman–Crippen LogP) is 7.95. The van der Waals surface area contributed by atoms with E-state index in [9.17, 15) is 4.79 Å². The van der Waals surface area contributed by atoms with E-state index in [1.54, 1.807) is 0 Å². The quantitative estimate of drug-likeness (QED) is 0.227. The molecule has 4 heteroatoms. The summed E-state index contributed by atoms with van der Waals surface area (Å²) in [6.45, 7) is 1.79. The molecule has 1 fully saturated rings. The number of benzene rings is 4. The summed E-state index contributed by atoms with van der Waals surface area (Å²) >= 11 is 0. The van der Waals surface area contributed by atoms with Crippen LogP contribution in [0.1, 0.15) is 48.0 Å². The number of methoxy groups -OCH3 is 1. The lowest BCUT2D eigenvalue weighted by Crippen LogP contribution is -2.30. The Bertz CT molecular complexity index is 1370. The number of ether oxygens (including phenoxy) is 1. The minimum Gasteiger partial charge on any atom is -0.465 e. The van der Waals surface area contributed by atoms with E-state index < -0.39 is 0 Å². The van der Waals surface area contributed by atoms with E-state index in [1.807, 2.05) is 18.2 Å². The van der Waals surface area contributed by atoms with Crippen LogP contribution in [0.2, 0.25) is 0 Å². The van der Waals surface area contributed by atoms with Gasteiger partial charge < -0.3 is 14.5 Å². The van der Waals surface area contributed by atoms with Crippen LogP contribution in [-0.4, -0.2) is 33.7 Å². The lowest BCUT2D eigenvalue weighted by atomic mass is 9.88. The third kappa shape index (κ3) is 5.85. The Hall–Kier alpha value is -3.79. The fourth-order valence-electron chi connectivity index (χ4n) is 5.69. The zero-order chi connectivity index (χ0) is 26.5. The van der Waals surface area contributed by atoms with Crippen molar-refractivity contribution in [1.82, 2.24) is 0 Å². The number of carbonyl (C=O) groups is 1. The van der Waals surface area contributed by atoms with Gasteiger partial charge in [-0.3, -0.25) is 0 Å². The third-order valence-corrected chi connectivity index (χ3v) is 7.85. The molecular weight excluding hydrogens is 468 g/mol. The highest BCUT2D eigenvalue weighted by Crippen LogP contribution is 2.34. The highest BCUT2D eigenvalue weighted by atomic mass is 16.5. The molecule has 0 atom stereocenters. The summed E-state index contributed by atoms with van der Waals surface area (Å²) in [6.07, 6.45) is 6.50. The van der Waals surface area contributed by atoms with Crippen LogP contribution in [0.5, 0.6) is 0 Å². The average molecular weight is 507 g/mol. The minimum absolute atomic E-state index is 0.292. The molecular formula is C34H38N2O2. The maximum atomic E-state index is 12.6. The van der Waals surface area contributed by atoms with Crippen LogP contribution < -0.4 is 9.80 Å². The summed E-state index contributed by atoms with van der Waals surface area (Å²) in [5.74, 6) is 0.373. The summed E-state index contributed by atoms with van der Waals surface area (Å²) in [7, 11) is 5.58. The van der Waals surface area contributed by atoms with Gasteiger partial charge in [-0.1, -0.05) is 79.9 Å². The first-order valence-corrected chi connectivity index (χ1v) is 13.7. The summed E-state index contributed by atoms with van der Waals surface area (Å²) in [5, 5.41) is 2.24. The van der Waals surface area contributed by atoms with Gasteiger partial charge in [0, 0.05) is 43.9 Å². The van der Waals surface area contributed by atoms with Crippen LogP contribution in [0.15, 0.2) is 84.9 Å². The fraction of sp³-hybridized carbons (Fsp3) is 0.324. The Morgan fingerprint density at radius 1 is 0.842 bits per heavy atom. The molecule has 1 saturated carbocycles. The van der Waals surface area contributed by atoms with Crippen molar-refractivity contribution in [3.05, 3.63) is 96.1 Å². The monoisotopic (exact) mass is 506 g/mol. The molecule has 4 nitrogen and oxygen atoms in total. The van der Waals surface area contributed by atoms with Crippen molar-refractivity contribution >= 4 is 28.1 Å². The minimum atomic E-state index is -0.292. The van der Waals surface area contributed by atoms with Gasteiger partial charge in [0.25, 0.3) is 0 Å². The van der Waals surface area contributed by atoms with E-state index in [4.69, 9.17) is 4.74 Å². The number of hydrogen-bond donors (Lipinski definition) is 0. The Morgan fingerprint density at radius 2 is 1.50 bits per heavy atom. The van der Waals surface area contributed by atoms with Gasteiger partial charge in [0.2, 0.25) is 0 Å². The molecule has 196 valence electrons. The van der Waals surface area contributed by atoms with Gasteiger partial charge in [-0.25, -0.2) is 4.79 Å². The first kappa shape index (κ1) is 25.8. The van der Waals surface area contributed by atoms with Crippen LogP contribution >= 0.6 is 0 Å². The van der Waals surface area contributed by atoms with E-state index in [0.717, 1.165) is 24.2 Å². The zero-order valence-corrected chi connectivity index (χ0v) is 22.8. The van der Waals surface area contributed by atoms with Crippen LogP contribution in [0.25, 0.3) is 21.9 Å². The second-order valence-electron chi connectivity index (χ2n) is 10.7. The van der Waals surface area contributed by atoms with Gasteiger partial charge >= 0.3 is 5.97 Å². The molecule has 1 aliphatic rings. The molecule has 0 aliphatic heterocycles. The number of anilines is 2. The van der Waals surface area contributed by atoms with Gasteiger partial charge in [0.05, 0.1) is 12.7 Å². The fourth-order valence-corrected chi connectivity index (χ4v) is 5.69. The largest absolute Gasteiger partial charge is 0.465 e. The molecule has 0 amide bonds. The Morgan fingerprint density at radius 3 is 2.16 bits per heavy atom. The molecule has 0 bridgehead atoms. The van der Waals surface area contributed by atoms with Crippen LogP contribution in [0, 0.1) is 5.92 Å². The number of rotatable bonds is 8. The normalized spacial score (nSPS) is 13.9. The van der Waals surface area contributed by atoms with Crippen molar-refractivity contribution in [3.8, 4) is 11.1 Å². The molecule has 0 unspecified atom stereocenters. The molecule has 0 radical (unpaired) electrons. The number of fused-ring (bicyclic) bond motifs is 1. The highest BCUT2D eigenvalue weighted by molar-refractivity contribution is 6.02. The molecule has 0 spiro atoms. The smallest absolute Gasteiger partial charge is 0.337 e. The van der Waals surface area contributed by atoms with Crippen molar-refractivity contribution in [2.24, 2.45) is 5.92 Å². The van der Waals surface area contributed by atoms with Crippen molar-refractivity contribution in [2.45, 2.75) is 38.6 Å².